The summed E-state index contributed by atoms with van der Waals surface area (Å²) in [5.74, 6) is -0.101. The van der Waals surface area contributed by atoms with Crippen molar-refractivity contribution in [2.24, 2.45) is 0 Å². The van der Waals surface area contributed by atoms with Crippen LogP contribution in [0.4, 0.5) is 0 Å². The summed E-state index contributed by atoms with van der Waals surface area (Å²) in [5.41, 5.74) is 0. The van der Waals surface area contributed by atoms with Crippen LogP contribution in [0.5, 0.6) is 0 Å². The molecule has 1 aliphatic rings. The maximum atomic E-state index is 12.5. The zero-order valence-electron chi connectivity index (χ0n) is 12.3. The third-order valence-electron chi connectivity index (χ3n) is 3.77. The minimum atomic E-state index is -0.450. The second-order valence-corrected chi connectivity index (χ2v) is 6.23. The Bertz CT molecular complexity index is 514. The normalized spacial score (nSPS) is 24.7. The van der Waals surface area contributed by atoms with Gasteiger partial charge in [0.15, 0.2) is 0 Å². The van der Waals surface area contributed by atoms with E-state index in [1.807, 2.05) is 20.0 Å². The Hall–Kier alpha value is -1.43. The molecule has 0 saturated carbocycles. The van der Waals surface area contributed by atoms with Gasteiger partial charge in [0.1, 0.15) is 17.1 Å². The number of aryl methyl sites for hydroxylation is 1. The fourth-order valence-electron chi connectivity index (χ4n) is 2.45. The Labute approximate surface area is 123 Å². The summed E-state index contributed by atoms with van der Waals surface area (Å²) in [4.78, 5) is 31.8. The molecule has 3 atom stereocenters. The smallest absolute Gasteiger partial charge is 0.246 e. The standard InChI is InChI=1S/C14H21N3O2S/c1-5-10-7-15-13(20-10)9(4)17-8(3)12(18)16-11(6-2)14(17)19/h7-9,11H,5-6H2,1-4H3,(H,16,18). The number of carbonyl (C=O) groups is 2. The van der Waals surface area contributed by atoms with Crippen molar-refractivity contribution >= 4 is 23.2 Å². The van der Waals surface area contributed by atoms with Gasteiger partial charge in [-0.3, -0.25) is 9.59 Å². The first kappa shape index (κ1) is 15.0. The lowest BCUT2D eigenvalue weighted by atomic mass is 10.0. The lowest BCUT2D eigenvalue weighted by Crippen LogP contribution is -2.62. The summed E-state index contributed by atoms with van der Waals surface area (Å²) in [5, 5.41) is 3.67. The number of aromatic nitrogens is 1. The van der Waals surface area contributed by atoms with Crippen LogP contribution in [0.2, 0.25) is 0 Å². The lowest BCUT2D eigenvalue weighted by molar-refractivity contribution is -0.151. The van der Waals surface area contributed by atoms with Crippen LogP contribution >= 0.6 is 11.3 Å². The highest BCUT2D eigenvalue weighted by molar-refractivity contribution is 7.11. The molecule has 1 fully saturated rings. The van der Waals surface area contributed by atoms with Gasteiger partial charge >= 0.3 is 0 Å². The number of carbonyl (C=O) groups excluding carboxylic acids is 2. The largest absolute Gasteiger partial charge is 0.343 e. The van der Waals surface area contributed by atoms with Gasteiger partial charge < -0.3 is 10.2 Å². The molecule has 2 amide bonds. The Morgan fingerprint density at radius 1 is 1.45 bits per heavy atom. The number of hydrogen-bond acceptors (Lipinski definition) is 4. The SMILES string of the molecule is CCc1cnc(C(C)N2C(=O)C(CC)NC(=O)C2C)s1. The van der Waals surface area contributed by atoms with E-state index < -0.39 is 12.1 Å². The van der Waals surface area contributed by atoms with E-state index >= 15 is 0 Å². The van der Waals surface area contributed by atoms with Crippen molar-refractivity contribution in [1.29, 1.82) is 0 Å². The summed E-state index contributed by atoms with van der Waals surface area (Å²) in [7, 11) is 0. The quantitative estimate of drug-likeness (QED) is 0.922. The van der Waals surface area contributed by atoms with Crippen molar-refractivity contribution in [3.05, 3.63) is 16.1 Å². The molecular weight excluding hydrogens is 274 g/mol. The average Bonchev–Trinajstić information content (AvgIpc) is 2.91. The predicted octanol–water partition coefficient (Wildman–Crippen LogP) is 1.89. The van der Waals surface area contributed by atoms with Crippen LogP contribution in [0.25, 0.3) is 0 Å². The fourth-order valence-corrected chi connectivity index (χ4v) is 3.36. The van der Waals surface area contributed by atoms with Crippen molar-refractivity contribution in [2.75, 3.05) is 0 Å². The molecule has 1 saturated heterocycles. The molecule has 3 unspecified atom stereocenters. The van der Waals surface area contributed by atoms with Crippen LogP contribution < -0.4 is 5.32 Å². The Balaban J connectivity index is 2.27. The summed E-state index contributed by atoms with van der Waals surface area (Å²) >= 11 is 1.61. The van der Waals surface area contributed by atoms with Crippen LogP contribution in [0, 0.1) is 0 Å². The topological polar surface area (TPSA) is 62.3 Å². The molecule has 0 spiro atoms. The van der Waals surface area contributed by atoms with Crippen LogP contribution in [0.15, 0.2) is 6.20 Å². The Morgan fingerprint density at radius 3 is 2.70 bits per heavy atom. The lowest BCUT2D eigenvalue weighted by Gasteiger charge is -2.40. The molecule has 0 radical (unpaired) electrons. The van der Waals surface area contributed by atoms with Gasteiger partial charge in [0, 0.05) is 11.1 Å². The first-order valence-electron chi connectivity index (χ1n) is 7.06. The Kier molecular flexibility index (Phi) is 4.42. The molecule has 1 aliphatic heterocycles. The fraction of sp³-hybridized carbons (Fsp3) is 0.643. The average molecular weight is 295 g/mol. The number of piperazine rings is 1. The van der Waals surface area contributed by atoms with Crippen LogP contribution in [-0.4, -0.2) is 33.8 Å². The van der Waals surface area contributed by atoms with E-state index in [-0.39, 0.29) is 17.9 Å². The molecule has 0 aliphatic carbocycles. The number of nitrogens with one attached hydrogen (secondary N) is 1. The van der Waals surface area contributed by atoms with E-state index in [1.165, 1.54) is 4.88 Å². The third kappa shape index (κ3) is 2.57. The van der Waals surface area contributed by atoms with Gasteiger partial charge in [-0.25, -0.2) is 4.98 Å². The molecule has 1 aromatic rings. The zero-order chi connectivity index (χ0) is 14.9. The van der Waals surface area contributed by atoms with Gasteiger partial charge in [-0.15, -0.1) is 11.3 Å². The second-order valence-electron chi connectivity index (χ2n) is 5.09. The number of nitrogens with zero attached hydrogens (tertiary/aromatic N) is 2. The summed E-state index contributed by atoms with van der Waals surface area (Å²) in [6.45, 7) is 7.69. The van der Waals surface area contributed by atoms with Crippen molar-refractivity contribution in [2.45, 2.75) is 58.7 Å². The number of rotatable bonds is 4. The van der Waals surface area contributed by atoms with Gasteiger partial charge in [0.2, 0.25) is 11.8 Å². The first-order chi connectivity index (χ1) is 9.49. The van der Waals surface area contributed by atoms with E-state index in [2.05, 4.69) is 17.2 Å². The molecule has 2 rings (SSSR count). The summed E-state index contributed by atoms with van der Waals surface area (Å²) < 4.78 is 0. The molecule has 6 heteroatoms. The molecule has 110 valence electrons. The van der Waals surface area contributed by atoms with E-state index in [4.69, 9.17) is 0 Å². The van der Waals surface area contributed by atoms with E-state index in [0.29, 0.717) is 6.42 Å². The summed E-state index contributed by atoms with van der Waals surface area (Å²) in [6, 6.07) is -1.02. The molecular formula is C14H21N3O2S. The minimum Gasteiger partial charge on any atom is -0.343 e. The molecule has 20 heavy (non-hydrogen) atoms. The van der Waals surface area contributed by atoms with Gasteiger partial charge in [0.25, 0.3) is 0 Å². The number of amides is 2. The van der Waals surface area contributed by atoms with Crippen LogP contribution in [-0.2, 0) is 16.0 Å². The van der Waals surface area contributed by atoms with Crippen molar-refractivity contribution in [1.82, 2.24) is 15.2 Å². The molecule has 0 aromatic carbocycles. The molecule has 0 bridgehead atoms. The highest BCUT2D eigenvalue weighted by Gasteiger charge is 2.40. The van der Waals surface area contributed by atoms with Crippen molar-refractivity contribution < 1.29 is 9.59 Å². The number of thiazole rings is 1. The van der Waals surface area contributed by atoms with Gasteiger partial charge in [0.05, 0.1) is 6.04 Å². The van der Waals surface area contributed by atoms with E-state index in [0.717, 1.165) is 11.4 Å². The van der Waals surface area contributed by atoms with E-state index in [9.17, 15) is 9.59 Å². The highest BCUT2D eigenvalue weighted by atomic mass is 32.1. The van der Waals surface area contributed by atoms with Crippen molar-refractivity contribution in [3.63, 3.8) is 0 Å². The van der Waals surface area contributed by atoms with Gasteiger partial charge in [-0.2, -0.15) is 0 Å². The third-order valence-corrected chi connectivity index (χ3v) is 5.08. The second kappa shape index (κ2) is 5.91. The molecule has 2 heterocycles. The number of hydrogen-bond donors (Lipinski definition) is 1. The van der Waals surface area contributed by atoms with Gasteiger partial charge in [-0.1, -0.05) is 13.8 Å². The molecule has 5 nitrogen and oxygen atoms in total. The minimum absolute atomic E-state index is 0.0136. The molecule has 1 aromatic heterocycles. The maximum absolute atomic E-state index is 12.5. The molecule has 1 N–H and O–H groups in total. The van der Waals surface area contributed by atoms with Crippen LogP contribution in [0.1, 0.15) is 50.0 Å². The first-order valence-corrected chi connectivity index (χ1v) is 7.88. The predicted molar refractivity (Wildman–Crippen MR) is 78.4 cm³/mol. The van der Waals surface area contributed by atoms with Crippen molar-refractivity contribution in [3.8, 4) is 0 Å². The van der Waals surface area contributed by atoms with Gasteiger partial charge in [-0.05, 0) is 26.7 Å². The Morgan fingerprint density at radius 2 is 2.15 bits per heavy atom. The highest BCUT2D eigenvalue weighted by Crippen LogP contribution is 2.29. The van der Waals surface area contributed by atoms with E-state index in [1.54, 1.807) is 23.2 Å². The monoisotopic (exact) mass is 295 g/mol. The van der Waals surface area contributed by atoms with Crippen LogP contribution in [0.3, 0.4) is 0 Å². The summed E-state index contributed by atoms with van der Waals surface area (Å²) in [6.07, 6.45) is 3.40. The maximum Gasteiger partial charge on any atom is 0.246 e. The zero-order valence-corrected chi connectivity index (χ0v) is 13.2.